The topological polar surface area (TPSA) is 149 Å². The van der Waals surface area contributed by atoms with Gasteiger partial charge in [0, 0.05) is 6.42 Å². The molecular formula is C58H105NO8. The molecule has 1 aliphatic rings. The first kappa shape index (κ1) is 62.9. The molecule has 7 unspecified atom stereocenters. The summed E-state index contributed by atoms with van der Waals surface area (Å²) < 4.78 is 11.2. The maximum absolute atomic E-state index is 13.0. The van der Waals surface area contributed by atoms with Crippen LogP contribution < -0.4 is 5.32 Å². The van der Waals surface area contributed by atoms with E-state index in [2.05, 4.69) is 54.8 Å². The zero-order valence-electron chi connectivity index (χ0n) is 43.1. The van der Waals surface area contributed by atoms with Gasteiger partial charge >= 0.3 is 0 Å². The summed E-state index contributed by atoms with van der Waals surface area (Å²) in [6.45, 7) is 3.51. The standard InChI is InChI=1S/C58H105NO8/c1-3-5-7-9-11-13-14-15-16-17-18-19-20-21-22-23-24-25-26-27-28-29-30-31-32-33-34-35-36-37-38-40-42-44-46-48-54(62)59-51(52(61)47-45-43-41-39-12-10-8-6-4-2)50-66-58-57(65)56(64)55(63)53(49-60)67-58/h4,6,12,14-15,17-18,39,45,47,51-53,55-58,60-61,63-65H,3,5,7-11,13,16,19-38,40-44,46,48-50H2,1-2H3,(H,59,62)/b6-4+,15-14-,18-17-,39-12+,47-45+. The lowest BCUT2D eigenvalue weighted by Crippen LogP contribution is -2.60. The number of aliphatic hydroxyl groups is 5. The molecule has 0 aromatic rings. The molecule has 1 saturated heterocycles. The molecule has 0 bridgehead atoms. The number of hydrogen-bond acceptors (Lipinski definition) is 8. The van der Waals surface area contributed by atoms with Crippen LogP contribution >= 0.6 is 0 Å². The number of hydrogen-bond donors (Lipinski definition) is 6. The van der Waals surface area contributed by atoms with Gasteiger partial charge in [0.1, 0.15) is 24.4 Å². The molecule has 0 saturated carbocycles. The molecule has 0 aromatic carbocycles. The van der Waals surface area contributed by atoms with E-state index in [1.165, 1.54) is 173 Å². The Hall–Kier alpha value is -2.11. The fourth-order valence-electron chi connectivity index (χ4n) is 8.70. The highest BCUT2D eigenvalue weighted by Gasteiger charge is 2.44. The van der Waals surface area contributed by atoms with Gasteiger partial charge in [0.15, 0.2) is 6.29 Å². The molecular weight excluding hydrogens is 839 g/mol. The minimum Gasteiger partial charge on any atom is -0.394 e. The first-order valence-corrected chi connectivity index (χ1v) is 28.0. The van der Waals surface area contributed by atoms with Crippen LogP contribution in [0.4, 0.5) is 0 Å². The minimum atomic E-state index is -1.57. The van der Waals surface area contributed by atoms with Gasteiger partial charge in [-0.1, -0.05) is 228 Å². The van der Waals surface area contributed by atoms with Gasteiger partial charge in [0.05, 0.1) is 25.4 Å². The number of carbonyl (C=O) groups excluding carboxylic acids is 1. The molecule has 1 rings (SSSR count). The van der Waals surface area contributed by atoms with Crippen molar-refractivity contribution in [1.82, 2.24) is 5.32 Å². The Bertz CT molecular complexity index is 1230. The van der Waals surface area contributed by atoms with Gasteiger partial charge in [-0.15, -0.1) is 0 Å². The summed E-state index contributed by atoms with van der Waals surface area (Å²) in [5.74, 6) is -0.192. The van der Waals surface area contributed by atoms with Crippen molar-refractivity contribution >= 4 is 5.91 Å². The van der Waals surface area contributed by atoms with E-state index in [9.17, 15) is 30.3 Å². The Morgan fingerprint density at radius 1 is 0.537 bits per heavy atom. The van der Waals surface area contributed by atoms with Crippen molar-refractivity contribution in [3.8, 4) is 0 Å². The van der Waals surface area contributed by atoms with E-state index in [1.54, 1.807) is 6.08 Å². The number of aliphatic hydroxyl groups excluding tert-OH is 5. The van der Waals surface area contributed by atoms with Crippen LogP contribution in [0, 0.1) is 0 Å². The molecule has 1 heterocycles. The first-order chi connectivity index (χ1) is 32.8. The normalized spacial score (nSPS) is 20.1. The van der Waals surface area contributed by atoms with Crippen LogP contribution in [0.5, 0.6) is 0 Å². The summed E-state index contributed by atoms with van der Waals surface area (Å²) in [6, 6.07) is -0.826. The van der Waals surface area contributed by atoms with Crippen molar-refractivity contribution in [3.63, 3.8) is 0 Å². The maximum Gasteiger partial charge on any atom is 0.220 e. The summed E-state index contributed by atoms with van der Waals surface area (Å²) in [5.41, 5.74) is 0. The predicted octanol–water partition coefficient (Wildman–Crippen LogP) is 13.5. The summed E-state index contributed by atoms with van der Waals surface area (Å²) >= 11 is 0. The highest BCUT2D eigenvalue weighted by Crippen LogP contribution is 2.23. The third-order valence-corrected chi connectivity index (χ3v) is 13.1. The number of nitrogens with one attached hydrogen (secondary N) is 1. The monoisotopic (exact) mass is 944 g/mol. The van der Waals surface area contributed by atoms with Gasteiger partial charge in [-0.25, -0.2) is 0 Å². The SMILES string of the molecule is C/C=C/CC/C=C/CC/C=C/C(O)C(COC1OC(CO)C(O)C(O)C1O)NC(=O)CCCCCCCCCCCCCCCCCCCCCCCCC/C=C\C/C=C\CCCCCCC. The molecule has 0 aromatic heterocycles. The molecule has 9 nitrogen and oxygen atoms in total. The lowest BCUT2D eigenvalue weighted by atomic mass is 9.99. The van der Waals surface area contributed by atoms with Crippen molar-refractivity contribution in [3.05, 3.63) is 60.8 Å². The van der Waals surface area contributed by atoms with Crippen LogP contribution in [-0.4, -0.2) is 87.5 Å². The van der Waals surface area contributed by atoms with E-state index in [-0.39, 0.29) is 12.5 Å². The van der Waals surface area contributed by atoms with Crippen LogP contribution in [0.3, 0.4) is 0 Å². The fraction of sp³-hybridized carbons (Fsp3) is 0.810. The Kier molecular flexibility index (Phi) is 44.7. The second-order valence-electron chi connectivity index (χ2n) is 19.4. The molecule has 6 N–H and O–H groups in total. The number of allylic oxidation sites excluding steroid dienone is 9. The van der Waals surface area contributed by atoms with Gasteiger partial charge in [0.25, 0.3) is 0 Å². The number of unbranched alkanes of at least 4 members (excludes halogenated alkanes) is 30. The van der Waals surface area contributed by atoms with Crippen molar-refractivity contribution < 1.29 is 39.8 Å². The second-order valence-corrected chi connectivity index (χ2v) is 19.4. The number of ether oxygens (including phenoxy) is 2. The van der Waals surface area contributed by atoms with E-state index in [4.69, 9.17) is 9.47 Å². The summed E-state index contributed by atoms with van der Waals surface area (Å²) in [6.07, 6.45) is 57.8. The van der Waals surface area contributed by atoms with Crippen LogP contribution in [0.15, 0.2) is 60.8 Å². The van der Waals surface area contributed by atoms with Gasteiger partial charge in [-0.05, 0) is 71.1 Å². The minimum absolute atomic E-state index is 0.192. The lowest BCUT2D eigenvalue weighted by Gasteiger charge is -2.40. The third kappa shape index (κ3) is 37.4. The molecule has 0 aliphatic carbocycles. The highest BCUT2D eigenvalue weighted by atomic mass is 16.7. The number of carbonyl (C=O) groups is 1. The molecule has 9 heteroatoms. The summed E-state index contributed by atoms with van der Waals surface area (Å²) in [4.78, 5) is 13.0. The molecule has 1 amide bonds. The first-order valence-electron chi connectivity index (χ1n) is 28.0. The summed E-state index contributed by atoms with van der Waals surface area (Å²) in [5, 5.41) is 54.1. The molecule has 0 radical (unpaired) electrons. The zero-order valence-corrected chi connectivity index (χ0v) is 43.1. The predicted molar refractivity (Wildman–Crippen MR) is 281 cm³/mol. The van der Waals surface area contributed by atoms with E-state index >= 15 is 0 Å². The average Bonchev–Trinajstić information content (AvgIpc) is 3.33. The Morgan fingerprint density at radius 3 is 1.42 bits per heavy atom. The average molecular weight is 944 g/mol. The van der Waals surface area contributed by atoms with Gasteiger partial charge in [0.2, 0.25) is 5.91 Å². The number of amides is 1. The number of rotatable bonds is 47. The summed E-state index contributed by atoms with van der Waals surface area (Å²) in [7, 11) is 0. The molecule has 0 spiro atoms. The van der Waals surface area contributed by atoms with Crippen molar-refractivity contribution in [1.29, 1.82) is 0 Å². The Morgan fingerprint density at radius 2 is 0.955 bits per heavy atom. The Balaban J connectivity index is 2.04. The van der Waals surface area contributed by atoms with E-state index in [1.807, 2.05) is 19.1 Å². The van der Waals surface area contributed by atoms with Gasteiger partial charge < -0.3 is 40.3 Å². The second kappa shape index (κ2) is 47.6. The van der Waals surface area contributed by atoms with Crippen molar-refractivity contribution in [2.24, 2.45) is 0 Å². The smallest absolute Gasteiger partial charge is 0.220 e. The molecule has 1 aliphatic heterocycles. The largest absolute Gasteiger partial charge is 0.394 e. The zero-order chi connectivity index (χ0) is 48.7. The van der Waals surface area contributed by atoms with Crippen molar-refractivity contribution in [2.75, 3.05) is 13.2 Å². The van der Waals surface area contributed by atoms with Gasteiger partial charge in [-0.3, -0.25) is 4.79 Å². The van der Waals surface area contributed by atoms with Crippen LogP contribution in [0.1, 0.15) is 245 Å². The van der Waals surface area contributed by atoms with E-state index in [0.29, 0.717) is 6.42 Å². The van der Waals surface area contributed by atoms with E-state index < -0.39 is 49.5 Å². The quantitative estimate of drug-likeness (QED) is 0.0261. The van der Waals surface area contributed by atoms with Crippen LogP contribution in [0.2, 0.25) is 0 Å². The highest BCUT2D eigenvalue weighted by molar-refractivity contribution is 5.76. The lowest BCUT2D eigenvalue weighted by molar-refractivity contribution is -0.302. The molecule has 7 atom stereocenters. The van der Waals surface area contributed by atoms with E-state index in [0.717, 1.165) is 51.4 Å². The Labute approximate surface area is 411 Å². The molecule has 1 fully saturated rings. The fourth-order valence-corrected chi connectivity index (χ4v) is 8.70. The third-order valence-electron chi connectivity index (χ3n) is 13.1. The van der Waals surface area contributed by atoms with Crippen molar-refractivity contribution in [2.45, 2.75) is 288 Å². The van der Waals surface area contributed by atoms with Gasteiger partial charge in [-0.2, -0.15) is 0 Å². The molecule has 67 heavy (non-hydrogen) atoms. The molecule has 390 valence electrons. The van der Waals surface area contributed by atoms with Crippen LogP contribution in [-0.2, 0) is 14.3 Å². The van der Waals surface area contributed by atoms with Crippen LogP contribution in [0.25, 0.3) is 0 Å². The maximum atomic E-state index is 13.0.